The van der Waals surface area contributed by atoms with Gasteiger partial charge < -0.3 is 19.3 Å². The molecule has 1 aromatic heterocycles. The Bertz CT molecular complexity index is 575. The molecule has 3 atom stereocenters. The topological polar surface area (TPSA) is 67.6 Å². The molecule has 0 aromatic carbocycles. The lowest BCUT2D eigenvalue weighted by Gasteiger charge is -2.39. The van der Waals surface area contributed by atoms with E-state index in [1.165, 1.54) is 18.1 Å². The summed E-state index contributed by atoms with van der Waals surface area (Å²) in [4.78, 5) is 17.3. The van der Waals surface area contributed by atoms with Gasteiger partial charge in [-0.1, -0.05) is 0 Å². The first kappa shape index (κ1) is 17.7. The van der Waals surface area contributed by atoms with Crippen LogP contribution in [0.25, 0.3) is 0 Å². The molecule has 1 N–H and O–H groups in total. The van der Waals surface area contributed by atoms with Crippen molar-refractivity contribution in [3.63, 3.8) is 0 Å². The Kier molecular flexibility index (Phi) is 4.72. The van der Waals surface area contributed by atoms with E-state index in [4.69, 9.17) is 4.74 Å². The van der Waals surface area contributed by atoms with Gasteiger partial charge in [-0.15, -0.1) is 0 Å². The molecule has 0 spiro atoms. The third-order valence-electron chi connectivity index (χ3n) is 4.00. The Hall–Kier alpha value is -1.61. The van der Waals surface area contributed by atoms with Crippen molar-refractivity contribution in [2.45, 2.75) is 44.2 Å². The van der Waals surface area contributed by atoms with Gasteiger partial charge in [0.1, 0.15) is 0 Å². The number of aromatic nitrogens is 2. The van der Waals surface area contributed by atoms with Gasteiger partial charge in [0.25, 0.3) is 0 Å². The summed E-state index contributed by atoms with van der Waals surface area (Å²) >= 11 is 0. The first-order valence-electron chi connectivity index (χ1n) is 7.24. The zero-order chi connectivity index (χ0) is 17.4. The molecule has 1 fully saturated rings. The van der Waals surface area contributed by atoms with E-state index in [2.05, 4.69) is 4.98 Å². The van der Waals surface area contributed by atoms with Crippen LogP contribution in [0.2, 0.25) is 0 Å². The van der Waals surface area contributed by atoms with Gasteiger partial charge in [-0.05, 0) is 13.8 Å². The number of carbonyl (C=O) groups is 1. The molecule has 1 amide bonds. The molecule has 2 heterocycles. The summed E-state index contributed by atoms with van der Waals surface area (Å²) in [5.74, 6) is -1.39. The van der Waals surface area contributed by atoms with Gasteiger partial charge in [0, 0.05) is 26.0 Å². The van der Waals surface area contributed by atoms with E-state index in [1.54, 1.807) is 13.8 Å². The van der Waals surface area contributed by atoms with Crippen molar-refractivity contribution in [1.82, 2.24) is 14.5 Å². The van der Waals surface area contributed by atoms with E-state index in [0.717, 1.165) is 10.8 Å². The lowest BCUT2D eigenvalue weighted by molar-refractivity contribution is -0.272. The molecule has 130 valence electrons. The average molecular weight is 335 g/mol. The van der Waals surface area contributed by atoms with Crippen LogP contribution in [0.1, 0.15) is 26.1 Å². The SMILES string of the molecule is CC1CN(C(=O)CC(O)(c2nccn2C)C(F)(F)F)C(C)CO1. The van der Waals surface area contributed by atoms with Crippen LogP contribution in [0.5, 0.6) is 0 Å². The Morgan fingerprint density at radius 2 is 2.13 bits per heavy atom. The number of morpholine rings is 1. The fourth-order valence-electron chi connectivity index (χ4n) is 2.64. The molecule has 1 saturated heterocycles. The number of hydrogen-bond acceptors (Lipinski definition) is 4. The summed E-state index contributed by atoms with van der Waals surface area (Å²) < 4.78 is 46.8. The number of rotatable bonds is 3. The highest BCUT2D eigenvalue weighted by atomic mass is 19.4. The van der Waals surface area contributed by atoms with Crippen LogP contribution in [0.15, 0.2) is 12.4 Å². The van der Waals surface area contributed by atoms with E-state index in [1.807, 2.05) is 0 Å². The molecule has 23 heavy (non-hydrogen) atoms. The molecule has 0 radical (unpaired) electrons. The smallest absolute Gasteiger partial charge is 0.375 e. The maximum Gasteiger partial charge on any atom is 0.425 e. The largest absolute Gasteiger partial charge is 0.425 e. The molecule has 0 aliphatic carbocycles. The fourth-order valence-corrected chi connectivity index (χ4v) is 2.64. The highest BCUT2D eigenvalue weighted by Crippen LogP contribution is 2.41. The van der Waals surface area contributed by atoms with Crippen LogP contribution in [0.3, 0.4) is 0 Å². The average Bonchev–Trinajstić information content (AvgIpc) is 2.86. The van der Waals surface area contributed by atoms with Gasteiger partial charge in [0.15, 0.2) is 5.82 Å². The minimum atomic E-state index is -5.02. The summed E-state index contributed by atoms with van der Waals surface area (Å²) in [6.07, 6.45) is -3.96. The molecule has 0 bridgehead atoms. The molecule has 1 aliphatic heterocycles. The molecular formula is C14H20F3N3O3. The van der Waals surface area contributed by atoms with Crippen LogP contribution < -0.4 is 0 Å². The lowest BCUT2D eigenvalue weighted by Crippen LogP contribution is -2.54. The van der Waals surface area contributed by atoms with Crippen molar-refractivity contribution in [3.05, 3.63) is 18.2 Å². The molecule has 1 aliphatic rings. The Morgan fingerprint density at radius 1 is 1.48 bits per heavy atom. The summed E-state index contributed by atoms with van der Waals surface area (Å²) in [6, 6.07) is -0.349. The predicted molar refractivity (Wildman–Crippen MR) is 74.4 cm³/mol. The third kappa shape index (κ3) is 3.35. The van der Waals surface area contributed by atoms with E-state index >= 15 is 0 Å². The number of ether oxygens (including phenoxy) is 1. The number of imidazole rings is 1. The number of hydrogen-bond donors (Lipinski definition) is 1. The monoisotopic (exact) mass is 335 g/mol. The van der Waals surface area contributed by atoms with E-state index in [-0.39, 0.29) is 25.3 Å². The van der Waals surface area contributed by atoms with E-state index < -0.39 is 29.9 Å². The van der Waals surface area contributed by atoms with Crippen LogP contribution in [0, 0.1) is 0 Å². The van der Waals surface area contributed by atoms with Crippen molar-refractivity contribution in [2.24, 2.45) is 7.05 Å². The van der Waals surface area contributed by atoms with Gasteiger partial charge in [-0.3, -0.25) is 4.79 Å². The standard InChI is InChI=1S/C14H20F3N3O3/c1-9-8-23-10(2)7-20(9)11(21)6-13(22,14(15,16)17)12-18-4-5-19(12)3/h4-5,9-10,22H,6-8H2,1-3H3. The summed E-state index contributed by atoms with van der Waals surface area (Å²) in [5, 5.41) is 10.3. The number of carbonyl (C=O) groups excluding carboxylic acids is 1. The maximum absolute atomic E-state index is 13.5. The number of alkyl halides is 3. The zero-order valence-corrected chi connectivity index (χ0v) is 13.2. The van der Waals surface area contributed by atoms with Gasteiger partial charge >= 0.3 is 6.18 Å². The number of nitrogens with zero attached hydrogens (tertiary/aromatic N) is 3. The number of aryl methyl sites for hydroxylation is 1. The molecule has 0 saturated carbocycles. The summed E-state index contributed by atoms with van der Waals surface area (Å²) in [5.41, 5.74) is -3.33. The van der Waals surface area contributed by atoms with Gasteiger partial charge in [-0.2, -0.15) is 13.2 Å². The van der Waals surface area contributed by atoms with Crippen LogP contribution in [-0.2, 0) is 22.2 Å². The molecule has 2 rings (SSSR count). The summed E-state index contributed by atoms with van der Waals surface area (Å²) in [6.45, 7) is 3.87. The quantitative estimate of drug-likeness (QED) is 0.901. The van der Waals surface area contributed by atoms with Crippen molar-refractivity contribution >= 4 is 5.91 Å². The van der Waals surface area contributed by atoms with E-state index in [9.17, 15) is 23.1 Å². The summed E-state index contributed by atoms with van der Waals surface area (Å²) in [7, 11) is 1.34. The predicted octanol–water partition coefficient (Wildman–Crippen LogP) is 1.20. The Labute approximate surface area is 131 Å². The molecule has 1 aromatic rings. The normalized spacial score (nSPS) is 25.3. The maximum atomic E-state index is 13.5. The number of halogens is 3. The lowest BCUT2D eigenvalue weighted by atomic mass is 9.96. The zero-order valence-electron chi connectivity index (χ0n) is 13.2. The fraction of sp³-hybridized carbons (Fsp3) is 0.714. The number of aliphatic hydroxyl groups is 1. The Balaban J connectivity index is 2.29. The van der Waals surface area contributed by atoms with Crippen molar-refractivity contribution < 1.29 is 27.8 Å². The Morgan fingerprint density at radius 3 is 2.65 bits per heavy atom. The second-order valence-electron chi connectivity index (χ2n) is 5.94. The second-order valence-corrected chi connectivity index (χ2v) is 5.94. The van der Waals surface area contributed by atoms with Crippen LogP contribution in [0.4, 0.5) is 13.2 Å². The highest BCUT2D eigenvalue weighted by Gasteiger charge is 2.59. The van der Waals surface area contributed by atoms with Crippen molar-refractivity contribution in [1.29, 1.82) is 0 Å². The van der Waals surface area contributed by atoms with Crippen molar-refractivity contribution in [2.75, 3.05) is 13.2 Å². The minimum Gasteiger partial charge on any atom is -0.375 e. The van der Waals surface area contributed by atoms with Crippen LogP contribution >= 0.6 is 0 Å². The molecular weight excluding hydrogens is 315 g/mol. The minimum absolute atomic E-state index is 0.189. The number of amides is 1. The first-order chi connectivity index (χ1) is 10.6. The molecule has 9 heteroatoms. The molecule has 3 unspecified atom stereocenters. The van der Waals surface area contributed by atoms with Gasteiger partial charge in [0.2, 0.25) is 11.5 Å². The van der Waals surface area contributed by atoms with Gasteiger partial charge in [0.05, 0.1) is 25.2 Å². The third-order valence-corrected chi connectivity index (χ3v) is 4.00. The van der Waals surface area contributed by atoms with Gasteiger partial charge in [-0.25, -0.2) is 4.98 Å². The van der Waals surface area contributed by atoms with E-state index in [0.29, 0.717) is 0 Å². The van der Waals surface area contributed by atoms with Crippen molar-refractivity contribution in [3.8, 4) is 0 Å². The first-order valence-corrected chi connectivity index (χ1v) is 7.24. The highest BCUT2D eigenvalue weighted by molar-refractivity contribution is 5.78. The van der Waals surface area contributed by atoms with Crippen LogP contribution in [-0.4, -0.2) is 56.9 Å². The molecule has 6 nitrogen and oxygen atoms in total. The second kappa shape index (κ2) is 6.12.